The van der Waals surface area contributed by atoms with Crippen LogP contribution in [0.25, 0.3) is 22.4 Å². The molecule has 0 amide bonds. The first-order chi connectivity index (χ1) is 10.8. The van der Waals surface area contributed by atoms with E-state index < -0.39 is 5.54 Å². The van der Waals surface area contributed by atoms with E-state index in [4.69, 9.17) is 10.3 Å². The maximum atomic E-state index is 6.48. The smallest absolute Gasteiger partial charge is 0.260 e. The third-order valence-corrected chi connectivity index (χ3v) is 4.48. The van der Waals surface area contributed by atoms with Gasteiger partial charge in [0.25, 0.3) is 5.89 Å². The Morgan fingerprint density at radius 2 is 1.86 bits per heavy atom. The van der Waals surface area contributed by atoms with Crippen molar-refractivity contribution in [3.63, 3.8) is 0 Å². The Balaban J connectivity index is 1.77. The van der Waals surface area contributed by atoms with Crippen molar-refractivity contribution in [1.82, 2.24) is 15.1 Å². The Morgan fingerprint density at radius 3 is 2.73 bits per heavy atom. The van der Waals surface area contributed by atoms with Crippen LogP contribution in [0.5, 0.6) is 0 Å². The van der Waals surface area contributed by atoms with Crippen molar-refractivity contribution in [2.75, 3.05) is 0 Å². The molecule has 1 saturated carbocycles. The van der Waals surface area contributed by atoms with Crippen molar-refractivity contribution in [2.45, 2.75) is 37.6 Å². The number of rotatable bonds is 2. The maximum Gasteiger partial charge on any atom is 0.260 e. The Kier molecular flexibility index (Phi) is 3.15. The lowest BCUT2D eigenvalue weighted by Crippen LogP contribution is -2.39. The van der Waals surface area contributed by atoms with Gasteiger partial charge in [0.15, 0.2) is 5.82 Å². The third-order valence-electron chi connectivity index (χ3n) is 4.48. The predicted molar refractivity (Wildman–Crippen MR) is 84.0 cm³/mol. The van der Waals surface area contributed by atoms with E-state index in [1.54, 1.807) is 6.20 Å². The highest BCUT2D eigenvalue weighted by molar-refractivity contribution is 5.91. The van der Waals surface area contributed by atoms with Gasteiger partial charge in [0.2, 0.25) is 0 Å². The molecule has 1 aromatic carbocycles. The van der Waals surface area contributed by atoms with Crippen LogP contribution in [0.3, 0.4) is 0 Å². The molecule has 5 nitrogen and oxygen atoms in total. The first-order valence-corrected chi connectivity index (χ1v) is 7.73. The minimum atomic E-state index is -0.446. The largest absolute Gasteiger partial charge is 0.334 e. The van der Waals surface area contributed by atoms with Gasteiger partial charge in [0.1, 0.15) is 0 Å². The fourth-order valence-corrected chi connectivity index (χ4v) is 3.22. The van der Waals surface area contributed by atoms with E-state index in [0.29, 0.717) is 11.7 Å². The summed E-state index contributed by atoms with van der Waals surface area (Å²) in [6, 6.07) is 9.89. The monoisotopic (exact) mass is 294 g/mol. The summed E-state index contributed by atoms with van der Waals surface area (Å²) in [7, 11) is 0. The van der Waals surface area contributed by atoms with Crippen molar-refractivity contribution < 1.29 is 4.52 Å². The molecule has 0 bridgehead atoms. The minimum Gasteiger partial charge on any atom is -0.334 e. The minimum absolute atomic E-state index is 0.446. The van der Waals surface area contributed by atoms with Crippen LogP contribution in [0.2, 0.25) is 0 Å². The molecule has 2 aromatic heterocycles. The van der Waals surface area contributed by atoms with Gasteiger partial charge in [-0.25, -0.2) is 0 Å². The van der Waals surface area contributed by atoms with Crippen LogP contribution in [-0.2, 0) is 5.54 Å². The molecule has 5 heteroatoms. The van der Waals surface area contributed by atoms with Gasteiger partial charge in [-0.3, -0.25) is 4.98 Å². The van der Waals surface area contributed by atoms with Gasteiger partial charge in [-0.15, -0.1) is 0 Å². The molecule has 3 aromatic rings. The zero-order valence-corrected chi connectivity index (χ0v) is 12.3. The number of hydrogen-bond donors (Lipinski definition) is 1. The molecule has 0 radical (unpaired) electrons. The highest BCUT2D eigenvalue weighted by Crippen LogP contribution is 2.34. The summed E-state index contributed by atoms with van der Waals surface area (Å²) >= 11 is 0. The maximum absolute atomic E-state index is 6.48. The predicted octanol–water partition coefficient (Wildman–Crippen LogP) is 3.40. The van der Waals surface area contributed by atoms with E-state index in [9.17, 15) is 0 Å². The van der Waals surface area contributed by atoms with Gasteiger partial charge in [-0.1, -0.05) is 42.6 Å². The average molecular weight is 294 g/mol. The molecule has 1 aliphatic carbocycles. The van der Waals surface area contributed by atoms with Crippen LogP contribution in [0.1, 0.15) is 37.9 Å². The summed E-state index contributed by atoms with van der Waals surface area (Å²) in [4.78, 5) is 9.02. The lowest BCUT2D eigenvalue weighted by molar-refractivity contribution is 0.275. The lowest BCUT2D eigenvalue weighted by Gasteiger charge is -2.29. The molecular formula is C17H18N4O. The fourth-order valence-electron chi connectivity index (χ4n) is 3.22. The number of para-hydroxylation sites is 1. The highest BCUT2D eigenvalue weighted by Gasteiger charge is 2.34. The molecule has 0 unspecified atom stereocenters. The van der Waals surface area contributed by atoms with E-state index in [1.807, 2.05) is 30.3 Å². The number of benzene rings is 1. The van der Waals surface area contributed by atoms with Gasteiger partial charge in [0, 0.05) is 11.6 Å². The van der Waals surface area contributed by atoms with Crippen LogP contribution >= 0.6 is 0 Å². The number of aromatic nitrogens is 3. The molecule has 2 heterocycles. The second-order valence-corrected chi connectivity index (χ2v) is 6.02. The Bertz CT molecular complexity index is 800. The molecule has 0 atom stereocenters. The standard InChI is InChI=1S/C17H18N4O/c18-17(9-2-1-3-10-17)16-20-15(22-21-16)13-8-4-6-12-7-5-11-19-14(12)13/h4-8,11H,1-3,9-10,18H2. The van der Waals surface area contributed by atoms with Crippen LogP contribution < -0.4 is 5.73 Å². The Hall–Kier alpha value is -2.27. The summed E-state index contributed by atoms with van der Waals surface area (Å²) in [6.45, 7) is 0. The summed E-state index contributed by atoms with van der Waals surface area (Å²) in [5.41, 5.74) is 7.77. The number of pyridine rings is 1. The Labute approximate surface area is 128 Å². The first-order valence-electron chi connectivity index (χ1n) is 7.73. The van der Waals surface area contributed by atoms with Crippen LogP contribution in [0.15, 0.2) is 41.1 Å². The van der Waals surface area contributed by atoms with E-state index in [1.165, 1.54) is 6.42 Å². The quantitative estimate of drug-likeness (QED) is 0.783. The molecule has 22 heavy (non-hydrogen) atoms. The normalized spacial score (nSPS) is 17.7. The van der Waals surface area contributed by atoms with E-state index in [-0.39, 0.29) is 0 Å². The van der Waals surface area contributed by atoms with Gasteiger partial charge >= 0.3 is 0 Å². The summed E-state index contributed by atoms with van der Waals surface area (Å²) in [5.74, 6) is 1.12. The van der Waals surface area contributed by atoms with Crippen LogP contribution in [0.4, 0.5) is 0 Å². The number of nitrogens with two attached hydrogens (primary N) is 1. The van der Waals surface area contributed by atoms with E-state index in [2.05, 4.69) is 15.1 Å². The molecule has 4 rings (SSSR count). The van der Waals surface area contributed by atoms with Gasteiger partial charge in [-0.05, 0) is 25.0 Å². The molecule has 1 fully saturated rings. The second kappa shape index (κ2) is 5.18. The van der Waals surface area contributed by atoms with E-state index in [0.717, 1.165) is 42.1 Å². The first kappa shape index (κ1) is 13.4. The fraction of sp³-hybridized carbons (Fsp3) is 0.353. The van der Waals surface area contributed by atoms with Crippen molar-refractivity contribution in [3.05, 3.63) is 42.4 Å². The second-order valence-electron chi connectivity index (χ2n) is 6.02. The van der Waals surface area contributed by atoms with Gasteiger partial charge < -0.3 is 10.3 Å². The lowest BCUT2D eigenvalue weighted by atomic mass is 9.82. The number of hydrogen-bond acceptors (Lipinski definition) is 5. The van der Waals surface area contributed by atoms with Crippen LogP contribution in [0, 0.1) is 0 Å². The zero-order chi connectivity index (χ0) is 15.0. The van der Waals surface area contributed by atoms with E-state index >= 15 is 0 Å². The SMILES string of the molecule is NC1(c2noc(-c3cccc4cccnc34)n2)CCCCC1. The summed E-state index contributed by atoms with van der Waals surface area (Å²) in [6.07, 6.45) is 7.08. The van der Waals surface area contributed by atoms with Crippen molar-refractivity contribution in [3.8, 4) is 11.5 Å². The van der Waals surface area contributed by atoms with Crippen molar-refractivity contribution in [1.29, 1.82) is 0 Å². The van der Waals surface area contributed by atoms with Crippen molar-refractivity contribution in [2.24, 2.45) is 5.73 Å². The molecule has 0 aliphatic heterocycles. The molecule has 112 valence electrons. The molecular weight excluding hydrogens is 276 g/mol. The molecule has 0 saturated heterocycles. The van der Waals surface area contributed by atoms with Crippen LogP contribution in [-0.4, -0.2) is 15.1 Å². The van der Waals surface area contributed by atoms with Gasteiger partial charge in [0.05, 0.1) is 16.6 Å². The Morgan fingerprint density at radius 1 is 1.05 bits per heavy atom. The topological polar surface area (TPSA) is 77.8 Å². The molecule has 2 N–H and O–H groups in total. The zero-order valence-electron chi connectivity index (χ0n) is 12.3. The van der Waals surface area contributed by atoms with Crippen molar-refractivity contribution >= 4 is 10.9 Å². The molecule has 0 spiro atoms. The molecule has 1 aliphatic rings. The third kappa shape index (κ3) is 2.18. The summed E-state index contributed by atoms with van der Waals surface area (Å²) < 4.78 is 5.50. The number of fused-ring (bicyclic) bond motifs is 1. The van der Waals surface area contributed by atoms with Gasteiger partial charge in [-0.2, -0.15) is 4.98 Å². The average Bonchev–Trinajstić information content (AvgIpc) is 3.06. The number of nitrogens with zero attached hydrogens (tertiary/aromatic N) is 3. The highest BCUT2D eigenvalue weighted by atomic mass is 16.5. The summed E-state index contributed by atoms with van der Waals surface area (Å²) in [5, 5.41) is 5.21.